The van der Waals surface area contributed by atoms with Crippen molar-refractivity contribution in [1.82, 2.24) is 14.8 Å². The molecule has 0 saturated carbocycles. The molecule has 3 aromatic rings. The van der Waals surface area contributed by atoms with Crippen molar-refractivity contribution in [1.29, 1.82) is 0 Å². The van der Waals surface area contributed by atoms with Gasteiger partial charge in [0.1, 0.15) is 18.1 Å². The summed E-state index contributed by atoms with van der Waals surface area (Å²) in [6.45, 7) is -0.453. The second-order valence-electron chi connectivity index (χ2n) is 6.66. The summed E-state index contributed by atoms with van der Waals surface area (Å²) in [5.41, 5.74) is -0.573. The van der Waals surface area contributed by atoms with Gasteiger partial charge >= 0.3 is 6.18 Å². The highest BCUT2D eigenvalue weighted by molar-refractivity contribution is 6.48. The van der Waals surface area contributed by atoms with Crippen LogP contribution in [-0.2, 0) is 5.41 Å². The van der Waals surface area contributed by atoms with E-state index in [0.717, 1.165) is 5.69 Å². The average Bonchev–Trinajstić information content (AvgIpc) is 3.36. The number of rotatable bonds is 3. The first-order valence-corrected chi connectivity index (χ1v) is 9.55. The molecule has 1 atom stereocenters. The lowest BCUT2D eigenvalue weighted by molar-refractivity contribution is -0.183. The van der Waals surface area contributed by atoms with Crippen molar-refractivity contribution >= 4 is 40.5 Å². The summed E-state index contributed by atoms with van der Waals surface area (Å²) in [6.07, 6.45) is -1.95. The van der Waals surface area contributed by atoms with Crippen LogP contribution in [0.4, 0.5) is 13.2 Å². The molecule has 1 unspecified atom stereocenters. The molecule has 0 saturated heterocycles. The van der Waals surface area contributed by atoms with Crippen LogP contribution >= 0.6 is 34.8 Å². The third-order valence-electron chi connectivity index (χ3n) is 4.97. The first-order chi connectivity index (χ1) is 13.7. The lowest BCUT2D eigenvalue weighted by Gasteiger charge is -2.32. The quantitative estimate of drug-likeness (QED) is 0.456. The molecule has 0 amide bonds. The Hall–Kier alpha value is -2.09. The van der Waals surface area contributed by atoms with Gasteiger partial charge in [-0.1, -0.05) is 46.9 Å². The Morgan fingerprint density at radius 3 is 2.21 bits per heavy atom. The lowest BCUT2D eigenvalue weighted by atomic mass is 9.76. The maximum absolute atomic E-state index is 14.2. The van der Waals surface area contributed by atoms with E-state index in [0.29, 0.717) is 11.3 Å². The van der Waals surface area contributed by atoms with Crippen LogP contribution in [0.1, 0.15) is 17.5 Å². The van der Waals surface area contributed by atoms with E-state index < -0.39 is 18.1 Å². The number of hydrogen-bond acceptors (Lipinski definition) is 3. The van der Waals surface area contributed by atoms with Crippen molar-refractivity contribution in [3.63, 3.8) is 0 Å². The molecule has 29 heavy (non-hydrogen) atoms. The molecule has 0 fully saturated rings. The molecule has 1 aliphatic rings. The van der Waals surface area contributed by atoms with E-state index in [2.05, 4.69) is 15.1 Å². The number of benzene rings is 2. The van der Waals surface area contributed by atoms with E-state index in [1.54, 1.807) is 28.9 Å². The van der Waals surface area contributed by atoms with E-state index in [1.807, 2.05) is 0 Å². The summed E-state index contributed by atoms with van der Waals surface area (Å²) in [5, 5.41) is 4.00. The minimum Gasteiger partial charge on any atom is -0.288 e. The Labute approximate surface area is 178 Å². The molecule has 0 spiro atoms. The van der Waals surface area contributed by atoms with Gasteiger partial charge in [0.25, 0.3) is 0 Å². The van der Waals surface area contributed by atoms with Gasteiger partial charge in [-0.3, -0.25) is 4.99 Å². The summed E-state index contributed by atoms with van der Waals surface area (Å²) in [5.74, 6) is 0. The lowest BCUT2D eigenvalue weighted by Crippen LogP contribution is -2.43. The largest absolute Gasteiger partial charge is 0.400 e. The van der Waals surface area contributed by atoms with Gasteiger partial charge in [-0.15, -0.1) is 0 Å². The zero-order chi connectivity index (χ0) is 20.8. The molecule has 0 radical (unpaired) electrons. The molecular weight excluding hydrogens is 448 g/mol. The van der Waals surface area contributed by atoms with Crippen LogP contribution in [0.25, 0.3) is 5.69 Å². The SMILES string of the molecule is FC(F)(F)C1(c2cc(Cl)c(Cl)c(Cl)c2)CN=C(c2ccc(-n3cncn3)cc2)C1. The molecule has 2 aromatic carbocycles. The Kier molecular flexibility index (Phi) is 5.09. The molecule has 1 aromatic heterocycles. The number of aromatic nitrogens is 3. The molecule has 0 N–H and O–H groups in total. The van der Waals surface area contributed by atoms with Crippen molar-refractivity contribution in [3.05, 3.63) is 75.2 Å². The van der Waals surface area contributed by atoms with Crippen molar-refractivity contribution in [3.8, 4) is 5.69 Å². The highest BCUT2D eigenvalue weighted by Crippen LogP contribution is 2.49. The molecular formula is C19H12Cl3F3N4. The maximum Gasteiger partial charge on any atom is 0.400 e. The minimum absolute atomic E-state index is 0.0246. The van der Waals surface area contributed by atoms with Crippen molar-refractivity contribution in [2.75, 3.05) is 6.54 Å². The summed E-state index contributed by atoms with van der Waals surface area (Å²) in [6, 6.07) is 9.35. The van der Waals surface area contributed by atoms with Gasteiger partial charge < -0.3 is 0 Å². The van der Waals surface area contributed by atoms with E-state index in [4.69, 9.17) is 34.8 Å². The van der Waals surface area contributed by atoms with Gasteiger partial charge in [-0.2, -0.15) is 18.3 Å². The molecule has 0 bridgehead atoms. The summed E-state index contributed by atoms with van der Waals surface area (Å²) in [7, 11) is 0. The van der Waals surface area contributed by atoms with E-state index >= 15 is 0 Å². The maximum atomic E-state index is 14.2. The van der Waals surface area contributed by atoms with Crippen LogP contribution < -0.4 is 0 Å². The summed E-state index contributed by atoms with van der Waals surface area (Å²) < 4.78 is 44.1. The van der Waals surface area contributed by atoms with Crippen LogP contribution in [-0.4, -0.2) is 33.2 Å². The van der Waals surface area contributed by atoms with E-state index in [-0.39, 0.29) is 27.1 Å². The topological polar surface area (TPSA) is 43.1 Å². The summed E-state index contributed by atoms with van der Waals surface area (Å²) >= 11 is 17.9. The fraction of sp³-hybridized carbons (Fsp3) is 0.211. The van der Waals surface area contributed by atoms with Crippen LogP contribution in [0.15, 0.2) is 54.0 Å². The Morgan fingerprint density at radius 2 is 1.66 bits per heavy atom. The predicted octanol–water partition coefficient (Wildman–Crippen LogP) is 5.92. The molecule has 4 nitrogen and oxygen atoms in total. The highest BCUT2D eigenvalue weighted by atomic mass is 35.5. The van der Waals surface area contributed by atoms with Gasteiger partial charge in [0, 0.05) is 12.1 Å². The zero-order valence-electron chi connectivity index (χ0n) is 14.6. The van der Waals surface area contributed by atoms with Gasteiger partial charge in [-0.05, 0) is 35.4 Å². The average molecular weight is 460 g/mol. The zero-order valence-corrected chi connectivity index (χ0v) is 16.9. The molecule has 2 heterocycles. The number of aliphatic imine (C=N–C) groups is 1. The van der Waals surface area contributed by atoms with Crippen molar-refractivity contribution in [2.24, 2.45) is 4.99 Å². The molecule has 150 valence electrons. The van der Waals surface area contributed by atoms with Crippen LogP contribution in [0.2, 0.25) is 15.1 Å². The summed E-state index contributed by atoms with van der Waals surface area (Å²) in [4.78, 5) is 8.09. The second kappa shape index (κ2) is 7.31. The fourth-order valence-corrected chi connectivity index (χ4v) is 3.94. The van der Waals surface area contributed by atoms with Gasteiger partial charge in [0.2, 0.25) is 0 Å². The standard InChI is InChI=1S/C19H12Cl3F3N4/c20-14-5-12(6-15(21)17(14)22)18(19(23,24)25)7-16(27-8-18)11-1-3-13(4-2-11)29-10-26-9-28-29/h1-6,9-10H,7-8H2. The Bertz CT molecular complexity index is 1060. The number of halogens is 6. The van der Waals surface area contributed by atoms with Gasteiger partial charge in [0.05, 0.1) is 27.3 Å². The monoisotopic (exact) mass is 458 g/mol. The molecule has 1 aliphatic heterocycles. The third kappa shape index (κ3) is 3.52. The molecule has 0 aliphatic carbocycles. The minimum atomic E-state index is -4.56. The van der Waals surface area contributed by atoms with Crippen LogP contribution in [0, 0.1) is 0 Å². The Balaban J connectivity index is 1.68. The van der Waals surface area contributed by atoms with E-state index in [1.165, 1.54) is 24.8 Å². The molecule has 4 rings (SSSR count). The van der Waals surface area contributed by atoms with Crippen molar-refractivity contribution < 1.29 is 13.2 Å². The first-order valence-electron chi connectivity index (χ1n) is 8.42. The molecule has 10 heteroatoms. The van der Waals surface area contributed by atoms with Crippen LogP contribution in [0.3, 0.4) is 0 Å². The second-order valence-corrected chi connectivity index (χ2v) is 7.85. The number of alkyl halides is 3. The van der Waals surface area contributed by atoms with Gasteiger partial charge in [0.15, 0.2) is 0 Å². The van der Waals surface area contributed by atoms with Gasteiger partial charge in [-0.25, -0.2) is 9.67 Å². The first kappa shape index (κ1) is 20.2. The van der Waals surface area contributed by atoms with E-state index in [9.17, 15) is 13.2 Å². The predicted molar refractivity (Wildman–Crippen MR) is 107 cm³/mol. The third-order valence-corrected chi connectivity index (χ3v) is 6.17. The Morgan fingerprint density at radius 1 is 1.00 bits per heavy atom. The highest BCUT2D eigenvalue weighted by Gasteiger charge is 2.58. The number of hydrogen-bond donors (Lipinski definition) is 0. The van der Waals surface area contributed by atoms with Crippen molar-refractivity contribution in [2.45, 2.75) is 18.0 Å². The fourth-order valence-electron chi connectivity index (χ4n) is 3.35. The normalized spacial score (nSPS) is 19.4. The smallest absolute Gasteiger partial charge is 0.288 e. The van der Waals surface area contributed by atoms with Crippen LogP contribution in [0.5, 0.6) is 0 Å². The number of nitrogens with zero attached hydrogens (tertiary/aromatic N) is 4.